The van der Waals surface area contributed by atoms with Gasteiger partial charge in [-0.15, -0.1) is 11.3 Å². The molecule has 6 heteroatoms. The van der Waals surface area contributed by atoms with Crippen molar-refractivity contribution in [2.24, 2.45) is 0 Å². The molecule has 0 saturated heterocycles. The summed E-state index contributed by atoms with van der Waals surface area (Å²) in [7, 11) is 0.210. The first-order valence-electron chi connectivity index (χ1n) is 7.18. The molecular formula is C14H24N2O2S2. The van der Waals surface area contributed by atoms with E-state index in [0.717, 1.165) is 36.1 Å². The van der Waals surface area contributed by atoms with E-state index in [-0.39, 0.29) is 6.04 Å². The van der Waals surface area contributed by atoms with Gasteiger partial charge in [0.05, 0.1) is 0 Å². The Balaban J connectivity index is 2.31. The predicted molar refractivity (Wildman–Crippen MR) is 83.6 cm³/mol. The van der Waals surface area contributed by atoms with Crippen molar-refractivity contribution < 1.29 is 8.42 Å². The van der Waals surface area contributed by atoms with Crippen LogP contribution in [0.5, 0.6) is 0 Å². The van der Waals surface area contributed by atoms with Gasteiger partial charge in [0, 0.05) is 24.5 Å². The van der Waals surface area contributed by atoms with Crippen LogP contribution in [0.25, 0.3) is 0 Å². The fraction of sp³-hybridized carbons (Fsp3) is 0.714. The molecule has 1 heterocycles. The average molecular weight is 316 g/mol. The summed E-state index contributed by atoms with van der Waals surface area (Å²) in [6.45, 7) is 2.49. The quantitative estimate of drug-likeness (QED) is 0.908. The van der Waals surface area contributed by atoms with Gasteiger partial charge >= 0.3 is 0 Å². The van der Waals surface area contributed by atoms with Crippen molar-refractivity contribution in [1.29, 1.82) is 0 Å². The number of rotatable bonds is 5. The number of sulfonamides is 1. The summed E-state index contributed by atoms with van der Waals surface area (Å²) in [6, 6.07) is 0.162. The lowest BCUT2D eigenvalue weighted by atomic mass is 9.96. The van der Waals surface area contributed by atoms with E-state index in [4.69, 9.17) is 0 Å². The first-order valence-corrected chi connectivity index (χ1v) is 9.50. The molecule has 0 bridgehead atoms. The summed E-state index contributed by atoms with van der Waals surface area (Å²) >= 11 is 1.52. The monoisotopic (exact) mass is 316 g/mol. The zero-order valence-corrected chi connectivity index (χ0v) is 14.1. The van der Waals surface area contributed by atoms with Crippen LogP contribution in [-0.2, 0) is 16.6 Å². The maximum Gasteiger partial charge on any atom is 0.244 e. The molecule has 1 N–H and O–H groups in total. The topological polar surface area (TPSA) is 49.4 Å². The van der Waals surface area contributed by atoms with E-state index < -0.39 is 10.0 Å². The zero-order chi connectivity index (χ0) is 14.8. The van der Waals surface area contributed by atoms with E-state index in [9.17, 15) is 8.42 Å². The van der Waals surface area contributed by atoms with Crippen LogP contribution in [-0.4, -0.2) is 32.9 Å². The molecule has 0 aliphatic heterocycles. The Morgan fingerprint density at radius 3 is 2.60 bits per heavy atom. The Hall–Kier alpha value is -0.430. The van der Waals surface area contributed by atoms with Crippen molar-refractivity contribution in [3.8, 4) is 0 Å². The molecule has 20 heavy (non-hydrogen) atoms. The van der Waals surface area contributed by atoms with E-state index in [1.165, 1.54) is 17.8 Å². The van der Waals surface area contributed by atoms with Gasteiger partial charge in [-0.3, -0.25) is 0 Å². The zero-order valence-electron chi connectivity index (χ0n) is 12.5. The van der Waals surface area contributed by atoms with Crippen LogP contribution in [0, 0.1) is 6.92 Å². The molecule has 1 aromatic rings. The summed E-state index contributed by atoms with van der Waals surface area (Å²) in [5, 5.41) is 4.99. The molecule has 1 fully saturated rings. The van der Waals surface area contributed by atoms with E-state index in [2.05, 4.69) is 5.32 Å². The molecule has 0 spiro atoms. The highest BCUT2D eigenvalue weighted by molar-refractivity contribution is 7.89. The standard InChI is InChI=1S/C14H24N2O2S2/c1-11-10-19-13(9-15-2)14(11)20(17,18)16(3)12-7-5-4-6-8-12/h10,12,15H,4-9H2,1-3H3. The summed E-state index contributed by atoms with van der Waals surface area (Å²) < 4.78 is 27.4. The van der Waals surface area contributed by atoms with Crippen LogP contribution >= 0.6 is 11.3 Å². The van der Waals surface area contributed by atoms with Gasteiger partial charge in [0.2, 0.25) is 10.0 Å². The molecule has 1 aliphatic rings. The third-order valence-corrected chi connectivity index (χ3v) is 7.43. The molecule has 0 amide bonds. The van der Waals surface area contributed by atoms with Crippen LogP contribution in [0.3, 0.4) is 0 Å². The molecule has 0 atom stereocenters. The highest BCUT2D eigenvalue weighted by Gasteiger charge is 2.32. The second-order valence-electron chi connectivity index (χ2n) is 5.51. The second kappa shape index (κ2) is 6.56. The molecule has 114 valence electrons. The van der Waals surface area contributed by atoms with E-state index in [1.54, 1.807) is 11.4 Å². The molecule has 0 aromatic carbocycles. The van der Waals surface area contributed by atoms with Gasteiger partial charge in [0.25, 0.3) is 0 Å². The van der Waals surface area contributed by atoms with Crippen molar-refractivity contribution in [2.45, 2.75) is 56.5 Å². The van der Waals surface area contributed by atoms with E-state index in [1.807, 2.05) is 19.4 Å². The highest BCUT2D eigenvalue weighted by atomic mass is 32.2. The first-order chi connectivity index (χ1) is 9.48. The van der Waals surface area contributed by atoms with Crippen molar-refractivity contribution in [3.05, 3.63) is 15.8 Å². The lowest BCUT2D eigenvalue weighted by molar-refractivity contribution is 0.285. The van der Waals surface area contributed by atoms with Crippen molar-refractivity contribution >= 4 is 21.4 Å². The van der Waals surface area contributed by atoms with Gasteiger partial charge in [-0.1, -0.05) is 19.3 Å². The van der Waals surface area contributed by atoms with Crippen molar-refractivity contribution in [2.75, 3.05) is 14.1 Å². The predicted octanol–water partition coefficient (Wildman–Crippen LogP) is 2.73. The molecule has 0 radical (unpaired) electrons. The van der Waals surface area contributed by atoms with Gasteiger partial charge in [-0.2, -0.15) is 4.31 Å². The normalized spacial score (nSPS) is 17.8. The van der Waals surface area contributed by atoms with Gasteiger partial charge in [-0.25, -0.2) is 8.42 Å². The summed E-state index contributed by atoms with van der Waals surface area (Å²) in [5.41, 5.74) is 0.864. The molecule has 1 saturated carbocycles. The van der Waals surface area contributed by atoms with Crippen molar-refractivity contribution in [3.63, 3.8) is 0 Å². The van der Waals surface area contributed by atoms with Crippen LogP contribution < -0.4 is 5.32 Å². The number of nitrogens with zero attached hydrogens (tertiary/aromatic N) is 1. The highest BCUT2D eigenvalue weighted by Crippen LogP contribution is 2.32. The van der Waals surface area contributed by atoms with Crippen LogP contribution in [0.4, 0.5) is 0 Å². The van der Waals surface area contributed by atoms with Crippen LogP contribution in [0.15, 0.2) is 10.3 Å². The lowest BCUT2D eigenvalue weighted by Crippen LogP contribution is -2.38. The Kier molecular flexibility index (Phi) is 5.23. The molecule has 0 unspecified atom stereocenters. The van der Waals surface area contributed by atoms with Gasteiger partial charge in [0.15, 0.2) is 0 Å². The summed E-state index contributed by atoms with van der Waals surface area (Å²) in [4.78, 5) is 1.43. The third kappa shape index (κ3) is 3.08. The fourth-order valence-electron chi connectivity index (χ4n) is 2.90. The third-order valence-electron chi connectivity index (χ3n) is 4.05. The number of nitrogens with one attached hydrogen (secondary N) is 1. The lowest BCUT2D eigenvalue weighted by Gasteiger charge is -2.30. The molecule has 1 aliphatic carbocycles. The van der Waals surface area contributed by atoms with Crippen molar-refractivity contribution in [1.82, 2.24) is 9.62 Å². The van der Waals surface area contributed by atoms with Crippen LogP contribution in [0.2, 0.25) is 0 Å². The Morgan fingerprint density at radius 2 is 2.00 bits per heavy atom. The Bertz CT molecular complexity index is 546. The average Bonchev–Trinajstić information content (AvgIpc) is 2.81. The molecule has 4 nitrogen and oxygen atoms in total. The number of aryl methyl sites for hydroxylation is 1. The minimum atomic E-state index is -3.38. The molecule has 2 rings (SSSR count). The number of thiophene rings is 1. The summed E-state index contributed by atoms with van der Waals surface area (Å²) in [5.74, 6) is 0. The van der Waals surface area contributed by atoms with Crippen LogP contribution in [0.1, 0.15) is 42.5 Å². The maximum atomic E-state index is 12.9. The van der Waals surface area contributed by atoms with E-state index >= 15 is 0 Å². The number of hydrogen-bond acceptors (Lipinski definition) is 4. The molecule has 1 aromatic heterocycles. The van der Waals surface area contributed by atoms with Gasteiger partial charge < -0.3 is 5.32 Å². The largest absolute Gasteiger partial charge is 0.315 e. The Labute approximate surface area is 126 Å². The molecular weight excluding hydrogens is 292 g/mol. The van der Waals surface area contributed by atoms with Gasteiger partial charge in [-0.05, 0) is 37.8 Å². The van der Waals surface area contributed by atoms with Gasteiger partial charge in [0.1, 0.15) is 4.90 Å². The minimum Gasteiger partial charge on any atom is -0.315 e. The second-order valence-corrected chi connectivity index (χ2v) is 8.41. The summed E-state index contributed by atoms with van der Waals surface area (Å²) in [6.07, 6.45) is 5.47. The minimum absolute atomic E-state index is 0.162. The fourth-order valence-corrected chi connectivity index (χ4v) is 6.09. The van der Waals surface area contributed by atoms with E-state index in [0.29, 0.717) is 11.4 Å². The number of hydrogen-bond donors (Lipinski definition) is 1. The maximum absolute atomic E-state index is 12.9. The Morgan fingerprint density at radius 1 is 1.35 bits per heavy atom. The SMILES string of the molecule is CNCc1scc(C)c1S(=O)(=O)N(C)C1CCCCC1. The first kappa shape index (κ1) is 15.9. The smallest absolute Gasteiger partial charge is 0.244 e.